The summed E-state index contributed by atoms with van der Waals surface area (Å²) in [6.45, 7) is 4.25. The van der Waals surface area contributed by atoms with E-state index in [1.54, 1.807) is 6.07 Å². The minimum absolute atomic E-state index is 0.277. The molecule has 0 spiro atoms. The highest BCUT2D eigenvalue weighted by Gasteiger charge is 2.26. The third-order valence-electron chi connectivity index (χ3n) is 2.44. The van der Waals surface area contributed by atoms with E-state index in [1.165, 1.54) is 0 Å². The van der Waals surface area contributed by atoms with Gasteiger partial charge in [0.2, 0.25) is 0 Å². The van der Waals surface area contributed by atoms with E-state index in [0.29, 0.717) is 17.0 Å². The number of carbonyl (C=O) groups excluding carboxylic acids is 2. The summed E-state index contributed by atoms with van der Waals surface area (Å²) in [5.41, 5.74) is 2.11. The lowest BCUT2D eigenvalue weighted by molar-refractivity contribution is 0.0879. The van der Waals surface area contributed by atoms with Crippen LogP contribution in [0.1, 0.15) is 40.1 Å². The first kappa shape index (κ1) is 9.90. The number of carbonyl (C=O) groups is 2. The Balaban J connectivity index is 2.38. The second kappa shape index (κ2) is 3.50. The van der Waals surface area contributed by atoms with E-state index < -0.39 is 0 Å². The van der Waals surface area contributed by atoms with E-state index in [0.717, 1.165) is 12.0 Å². The van der Waals surface area contributed by atoms with Crippen LogP contribution in [-0.4, -0.2) is 11.8 Å². The molecular weight excluding hydrogens is 190 g/mol. The van der Waals surface area contributed by atoms with Gasteiger partial charge in [0.25, 0.3) is 11.8 Å². The smallest absolute Gasteiger partial charge is 0.258 e. The summed E-state index contributed by atoms with van der Waals surface area (Å²) in [5.74, 6) is -0.0186. The van der Waals surface area contributed by atoms with Crippen molar-refractivity contribution in [3.63, 3.8) is 0 Å². The predicted octanol–water partition coefficient (Wildman–Crippen LogP) is 1.77. The van der Waals surface area contributed by atoms with Gasteiger partial charge in [-0.3, -0.25) is 14.9 Å². The third kappa shape index (κ3) is 1.77. The fourth-order valence-electron chi connectivity index (χ4n) is 1.81. The van der Waals surface area contributed by atoms with Gasteiger partial charge in [-0.15, -0.1) is 0 Å². The molecular formula is C12H13NO2. The Morgan fingerprint density at radius 2 is 1.80 bits per heavy atom. The van der Waals surface area contributed by atoms with E-state index >= 15 is 0 Å². The Morgan fingerprint density at radius 1 is 1.13 bits per heavy atom. The van der Waals surface area contributed by atoms with Gasteiger partial charge in [0.15, 0.2) is 0 Å². The fraction of sp³-hybridized carbons (Fsp3) is 0.333. The molecule has 0 radical (unpaired) electrons. The van der Waals surface area contributed by atoms with Crippen molar-refractivity contribution in [3.8, 4) is 0 Å². The van der Waals surface area contributed by atoms with E-state index in [9.17, 15) is 9.59 Å². The van der Waals surface area contributed by atoms with Crippen LogP contribution < -0.4 is 5.32 Å². The number of benzene rings is 1. The molecule has 1 aromatic carbocycles. The molecule has 2 rings (SSSR count). The Morgan fingerprint density at radius 3 is 2.47 bits per heavy atom. The Hall–Kier alpha value is -1.64. The zero-order chi connectivity index (χ0) is 11.0. The molecule has 0 saturated carbocycles. The number of fused-ring (bicyclic) bond motifs is 1. The topological polar surface area (TPSA) is 46.2 Å². The molecule has 0 unspecified atom stereocenters. The molecule has 0 aromatic heterocycles. The highest BCUT2D eigenvalue weighted by Crippen LogP contribution is 2.19. The van der Waals surface area contributed by atoms with Gasteiger partial charge in [-0.05, 0) is 30.0 Å². The van der Waals surface area contributed by atoms with Gasteiger partial charge in [-0.1, -0.05) is 19.9 Å². The predicted molar refractivity (Wildman–Crippen MR) is 56.8 cm³/mol. The van der Waals surface area contributed by atoms with Crippen LogP contribution in [0.5, 0.6) is 0 Å². The Kier molecular flexibility index (Phi) is 2.31. The number of amides is 2. The molecule has 2 amide bonds. The monoisotopic (exact) mass is 203 g/mol. The van der Waals surface area contributed by atoms with Gasteiger partial charge in [0, 0.05) is 0 Å². The molecule has 0 aliphatic carbocycles. The minimum atomic E-state index is -0.286. The van der Waals surface area contributed by atoms with Gasteiger partial charge >= 0.3 is 0 Å². The lowest BCUT2D eigenvalue weighted by Gasteiger charge is -2.05. The molecule has 0 fully saturated rings. The quantitative estimate of drug-likeness (QED) is 0.744. The molecule has 3 nitrogen and oxygen atoms in total. The number of hydrogen-bond acceptors (Lipinski definition) is 2. The summed E-state index contributed by atoms with van der Waals surface area (Å²) in [4.78, 5) is 22.7. The summed E-state index contributed by atoms with van der Waals surface area (Å²) in [6, 6.07) is 5.46. The van der Waals surface area contributed by atoms with E-state index in [2.05, 4.69) is 19.2 Å². The summed E-state index contributed by atoms with van der Waals surface area (Å²) in [5, 5.41) is 2.28. The average Bonchev–Trinajstić information content (AvgIpc) is 2.41. The van der Waals surface area contributed by atoms with Crippen LogP contribution in [0.4, 0.5) is 0 Å². The van der Waals surface area contributed by atoms with Crippen LogP contribution in [-0.2, 0) is 6.42 Å². The number of hydrogen-bond donors (Lipinski definition) is 1. The summed E-state index contributed by atoms with van der Waals surface area (Å²) < 4.78 is 0. The van der Waals surface area contributed by atoms with Crippen molar-refractivity contribution >= 4 is 11.8 Å². The van der Waals surface area contributed by atoms with Gasteiger partial charge in [-0.2, -0.15) is 0 Å². The molecule has 0 atom stereocenters. The molecule has 1 aliphatic rings. The van der Waals surface area contributed by atoms with Crippen LogP contribution in [0.25, 0.3) is 0 Å². The standard InChI is InChI=1S/C12H13NO2/c1-7(2)5-8-3-4-9-10(6-8)12(15)13-11(9)14/h3-4,6-7H,5H2,1-2H3,(H,13,14,15). The molecule has 15 heavy (non-hydrogen) atoms. The fourth-order valence-corrected chi connectivity index (χ4v) is 1.81. The SMILES string of the molecule is CC(C)Cc1ccc2c(c1)C(=O)NC2=O. The summed E-state index contributed by atoms with van der Waals surface area (Å²) in [6.07, 6.45) is 0.925. The second-order valence-electron chi connectivity index (χ2n) is 4.26. The molecule has 1 heterocycles. The van der Waals surface area contributed by atoms with Crippen molar-refractivity contribution in [1.29, 1.82) is 0 Å². The van der Waals surface area contributed by atoms with Gasteiger partial charge in [0.05, 0.1) is 11.1 Å². The number of nitrogens with one attached hydrogen (secondary N) is 1. The van der Waals surface area contributed by atoms with E-state index in [4.69, 9.17) is 0 Å². The van der Waals surface area contributed by atoms with Crippen LogP contribution in [0.15, 0.2) is 18.2 Å². The van der Waals surface area contributed by atoms with Crippen LogP contribution in [0.3, 0.4) is 0 Å². The first-order valence-electron chi connectivity index (χ1n) is 5.06. The molecule has 0 bridgehead atoms. The molecule has 0 saturated heterocycles. The van der Waals surface area contributed by atoms with Crippen LogP contribution in [0, 0.1) is 5.92 Å². The van der Waals surface area contributed by atoms with Gasteiger partial charge in [-0.25, -0.2) is 0 Å². The molecule has 1 N–H and O–H groups in total. The second-order valence-corrected chi connectivity index (χ2v) is 4.26. The molecule has 1 aliphatic heterocycles. The lowest BCUT2D eigenvalue weighted by atomic mass is 9.99. The Labute approximate surface area is 88.5 Å². The molecule has 3 heteroatoms. The minimum Gasteiger partial charge on any atom is -0.288 e. The number of imide groups is 1. The van der Waals surface area contributed by atoms with Crippen molar-refractivity contribution in [2.75, 3.05) is 0 Å². The lowest BCUT2D eigenvalue weighted by Crippen LogP contribution is -2.19. The third-order valence-corrected chi connectivity index (χ3v) is 2.44. The summed E-state index contributed by atoms with van der Waals surface area (Å²) in [7, 11) is 0. The van der Waals surface area contributed by atoms with Crippen LogP contribution >= 0.6 is 0 Å². The van der Waals surface area contributed by atoms with Crippen LogP contribution in [0.2, 0.25) is 0 Å². The van der Waals surface area contributed by atoms with E-state index in [-0.39, 0.29) is 11.8 Å². The normalized spacial score (nSPS) is 14.3. The highest BCUT2D eigenvalue weighted by atomic mass is 16.2. The van der Waals surface area contributed by atoms with Gasteiger partial charge in [0.1, 0.15) is 0 Å². The van der Waals surface area contributed by atoms with E-state index in [1.807, 2.05) is 12.1 Å². The van der Waals surface area contributed by atoms with Crippen molar-refractivity contribution < 1.29 is 9.59 Å². The zero-order valence-corrected chi connectivity index (χ0v) is 8.83. The van der Waals surface area contributed by atoms with Crippen molar-refractivity contribution in [3.05, 3.63) is 34.9 Å². The molecule has 1 aromatic rings. The van der Waals surface area contributed by atoms with Crippen molar-refractivity contribution in [2.24, 2.45) is 5.92 Å². The first-order valence-corrected chi connectivity index (χ1v) is 5.06. The molecule has 78 valence electrons. The van der Waals surface area contributed by atoms with Crippen molar-refractivity contribution in [1.82, 2.24) is 5.32 Å². The maximum Gasteiger partial charge on any atom is 0.258 e. The maximum atomic E-state index is 11.4. The van der Waals surface area contributed by atoms with Crippen molar-refractivity contribution in [2.45, 2.75) is 20.3 Å². The largest absolute Gasteiger partial charge is 0.288 e. The van der Waals surface area contributed by atoms with Gasteiger partial charge < -0.3 is 0 Å². The zero-order valence-electron chi connectivity index (χ0n) is 8.83. The Bertz CT molecular complexity index is 435. The summed E-state index contributed by atoms with van der Waals surface area (Å²) >= 11 is 0. The first-order chi connectivity index (χ1) is 7.08. The highest BCUT2D eigenvalue weighted by molar-refractivity contribution is 6.21. The average molecular weight is 203 g/mol. The maximum absolute atomic E-state index is 11.4. The number of rotatable bonds is 2.